The highest BCUT2D eigenvalue weighted by atomic mass is 16.2. The molecular weight excluding hydrogens is 204 g/mol. The summed E-state index contributed by atoms with van der Waals surface area (Å²) < 4.78 is 0. The molecule has 0 bridgehead atoms. The number of amides is 1. The Hall–Kier alpha value is -1.62. The van der Waals surface area contributed by atoms with Crippen LogP contribution >= 0.6 is 0 Å². The first-order valence-electron chi connectivity index (χ1n) is 5.39. The second kappa shape index (κ2) is 4.49. The highest BCUT2D eigenvalue weighted by Gasteiger charge is 2.25. The fraction of sp³-hybridized carbons (Fsp3) is 0.455. The molecule has 5 heteroatoms. The third-order valence-corrected chi connectivity index (χ3v) is 2.73. The third kappa shape index (κ3) is 2.49. The van der Waals surface area contributed by atoms with Gasteiger partial charge >= 0.3 is 0 Å². The normalized spacial score (nSPS) is 14.6. The zero-order valence-electron chi connectivity index (χ0n) is 9.31. The van der Waals surface area contributed by atoms with Gasteiger partial charge in [-0.05, 0) is 30.9 Å². The van der Waals surface area contributed by atoms with Crippen molar-refractivity contribution in [3.05, 3.63) is 23.9 Å². The van der Waals surface area contributed by atoms with Crippen molar-refractivity contribution in [1.29, 1.82) is 0 Å². The van der Waals surface area contributed by atoms with Crippen LogP contribution in [0.4, 0.5) is 5.82 Å². The van der Waals surface area contributed by atoms with Gasteiger partial charge in [-0.1, -0.05) is 0 Å². The zero-order valence-corrected chi connectivity index (χ0v) is 9.31. The van der Waals surface area contributed by atoms with Crippen molar-refractivity contribution in [1.82, 2.24) is 9.88 Å². The van der Waals surface area contributed by atoms with E-state index in [1.807, 2.05) is 7.05 Å². The molecule has 1 amide bonds. The monoisotopic (exact) mass is 220 g/mol. The summed E-state index contributed by atoms with van der Waals surface area (Å²) in [7, 11) is 1.83. The maximum atomic E-state index is 12.0. The molecule has 0 aromatic carbocycles. The van der Waals surface area contributed by atoms with E-state index in [1.54, 1.807) is 23.2 Å². The van der Waals surface area contributed by atoms with E-state index in [0.717, 1.165) is 6.54 Å². The van der Waals surface area contributed by atoms with Gasteiger partial charge in [-0.25, -0.2) is 10.8 Å². The van der Waals surface area contributed by atoms with Crippen molar-refractivity contribution in [3.8, 4) is 0 Å². The van der Waals surface area contributed by atoms with Crippen LogP contribution in [0.25, 0.3) is 0 Å². The molecule has 1 aromatic rings. The molecule has 1 fully saturated rings. The number of nitrogens with two attached hydrogens (primary N) is 1. The van der Waals surface area contributed by atoms with Crippen LogP contribution in [0, 0.1) is 5.92 Å². The number of nitrogen functional groups attached to an aromatic ring is 1. The summed E-state index contributed by atoms with van der Waals surface area (Å²) in [4.78, 5) is 17.7. The van der Waals surface area contributed by atoms with E-state index in [-0.39, 0.29) is 5.91 Å². The number of anilines is 1. The van der Waals surface area contributed by atoms with Crippen molar-refractivity contribution < 1.29 is 4.79 Å². The fourth-order valence-electron chi connectivity index (χ4n) is 1.63. The van der Waals surface area contributed by atoms with Gasteiger partial charge in [-0.15, -0.1) is 0 Å². The van der Waals surface area contributed by atoms with Crippen LogP contribution in [0.1, 0.15) is 23.2 Å². The van der Waals surface area contributed by atoms with Crippen LogP contribution in [0.15, 0.2) is 18.3 Å². The van der Waals surface area contributed by atoms with Crippen LogP contribution in [0.2, 0.25) is 0 Å². The number of pyridine rings is 1. The van der Waals surface area contributed by atoms with Crippen molar-refractivity contribution in [2.24, 2.45) is 11.8 Å². The summed E-state index contributed by atoms with van der Waals surface area (Å²) in [6.07, 6.45) is 4.06. The highest BCUT2D eigenvalue weighted by Crippen LogP contribution is 2.29. The lowest BCUT2D eigenvalue weighted by atomic mass is 10.2. The average Bonchev–Trinajstić information content (AvgIpc) is 3.12. The maximum Gasteiger partial charge on any atom is 0.253 e. The molecule has 0 aliphatic heterocycles. The van der Waals surface area contributed by atoms with E-state index in [0.29, 0.717) is 17.3 Å². The quantitative estimate of drug-likeness (QED) is 0.583. The van der Waals surface area contributed by atoms with Gasteiger partial charge in [0.15, 0.2) is 0 Å². The Morgan fingerprint density at radius 2 is 2.44 bits per heavy atom. The van der Waals surface area contributed by atoms with Crippen molar-refractivity contribution in [2.75, 3.05) is 19.0 Å². The second-order valence-electron chi connectivity index (χ2n) is 4.20. The summed E-state index contributed by atoms with van der Waals surface area (Å²) in [5.74, 6) is 6.47. The Balaban J connectivity index is 2.06. The SMILES string of the molecule is CN(CC1CC1)C(=O)c1ccnc(NN)c1. The molecule has 5 nitrogen and oxygen atoms in total. The standard InChI is InChI=1S/C11H16N4O/c1-15(7-8-2-3-8)11(16)9-4-5-13-10(6-9)14-12/h4-6,8H,2-3,7,12H2,1H3,(H,13,14). The smallest absolute Gasteiger partial charge is 0.253 e. The van der Waals surface area contributed by atoms with Crippen molar-refractivity contribution in [3.63, 3.8) is 0 Å². The second-order valence-corrected chi connectivity index (χ2v) is 4.20. The molecule has 0 radical (unpaired) electrons. The van der Waals surface area contributed by atoms with E-state index in [9.17, 15) is 4.79 Å². The molecule has 3 N–H and O–H groups in total. The molecule has 0 atom stereocenters. The number of aromatic nitrogens is 1. The van der Waals surface area contributed by atoms with Crippen molar-refractivity contribution in [2.45, 2.75) is 12.8 Å². The lowest BCUT2D eigenvalue weighted by Gasteiger charge is -2.16. The van der Waals surface area contributed by atoms with Gasteiger partial charge in [0.1, 0.15) is 5.82 Å². The summed E-state index contributed by atoms with van der Waals surface area (Å²) in [5.41, 5.74) is 3.05. The van der Waals surface area contributed by atoms with Crippen molar-refractivity contribution >= 4 is 11.7 Å². The Morgan fingerprint density at radius 1 is 1.69 bits per heavy atom. The minimum atomic E-state index is 0.0193. The van der Waals surface area contributed by atoms with E-state index < -0.39 is 0 Å². The summed E-state index contributed by atoms with van der Waals surface area (Å²) in [6, 6.07) is 3.36. The fourth-order valence-corrected chi connectivity index (χ4v) is 1.63. The van der Waals surface area contributed by atoms with Crippen LogP contribution < -0.4 is 11.3 Å². The molecule has 16 heavy (non-hydrogen) atoms. The highest BCUT2D eigenvalue weighted by molar-refractivity contribution is 5.94. The van der Waals surface area contributed by atoms with E-state index in [2.05, 4.69) is 10.4 Å². The van der Waals surface area contributed by atoms with Gasteiger partial charge in [0, 0.05) is 25.4 Å². The predicted octanol–water partition coefficient (Wildman–Crippen LogP) is 0.849. The predicted molar refractivity (Wildman–Crippen MR) is 61.7 cm³/mol. The Kier molecular flexibility index (Phi) is 3.05. The molecule has 0 spiro atoms. The van der Waals surface area contributed by atoms with Gasteiger partial charge in [-0.3, -0.25) is 4.79 Å². The minimum absolute atomic E-state index is 0.0193. The van der Waals surface area contributed by atoms with Gasteiger partial charge in [-0.2, -0.15) is 0 Å². The Bertz CT molecular complexity index is 389. The van der Waals surface area contributed by atoms with E-state index in [4.69, 9.17) is 5.84 Å². The van der Waals surface area contributed by atoms with Crippen LogP contribution in [-0.4, -0.2) is 29.4 Å². The number of hydrogen-bond acceptors (Lipinski definition) is 4. The lowest BCUT2D eigenvalue weighted by molar-refractivity contribution is 0.0788. The first-order valence-corrected chi connectivity index (χ1v) is 5.39. The molecule has 1 aliphatic carbocycles. The zero-order chi connectivity index (χ0) is 11.5. The van der Waals surface area contributed by atoms with Gasteiger partial charge in [0.2, 0.25) is 0 Å². The topological polar surface area (TPSA) is 71.2 Å². The summed E-state index contributed by atoms with van der Waals surface area (Å²) in [5, 5.41) is 0. The number of nitrogens with one attached hydrogen (secondary N) is 1. The van der Waals surface area contributed by atoms with Crippen LogP contribution in [0.5, 0.6) is 0 Å². The molecule has 0 saturated heterocycles. The number of hydrazine groups is 1. The van der Waals surface area contributed by atoms with Gasteiger partial charge < -0.3 is 10.3 Å². The Morgan fingerprint density at radius 3 is 3.06 bits per heavy atom. The Labute approximate surface area is 94.6 Å². The lowest BCUT2D eigenvalue weighted by Crippen LogP contribution is -2.28. The van der Waals surface area contributed by atoms with Gasteiger partial charge in [0.25, 0.3) is 5.91 Å². The largest absolute Gasteiger partial charge is 0.341 e. The summed E-state index contributed by atoms with van der Waals surface area (Å²) >= 11 is 0. The number of carbonyl (C=O) groups is 1. The summed E-state index contributed by atoms with van der Waals surface area (Å²) in [6.45, 7) is 0.840. The molecular formula is C11H16N4O. The molecule has 1 aliphatic rings. The molecule has 0 unspecified atom stereocenters. The van der Waals surface area contributed by atoms with Gasteiger partial charge in [0.05, 0.1) is 0 Å². The molecule has 1 saturated carbocycles. The first-order chi connectivity index (χ1) is 7.70. The van der Waals surface area contributed by atoms with E-state index >= 15 is 0 Å². The molecule has 1 aromatic heterocycles. The molecule has 1 heterocycles. The third-order valence-electron chi connectivity index (χ3n) is 2.73. The maximum absolute atomic E-state index is 12.0. The first kappa shape index (κ1) is 10.9. The minimum Gasteiger partial charge on any atom is -0.341 e. The van der Waals surface area contributed by atoms with E-state index in [1.165, 1.54) is 12.8 Å². The molecule has 2 rings (SSSR count). The number of nitrogens with zero attached hydrogens (tertiary/aromatic N) is 2. The average molecular weight is 220 g/mol. The molecule has 86 valence electrons. The van der Waals surface area contributed by atoms with Crippen LogP contribution in [-0.2, 0) is 0 Å². The number of hydrogen-bond donors (Lipinski definition) is 2. The van der Waals surface area contributed by atoms with Crippen LogP contribution in [0.3, 0.4) is 0 Å². The number of carbonyl (C=O) groups excluding carboxylic acids is 1. The number of rotatable bonds is 4.